The lowest BCUT2D eigenvalue weighted by Crippen LogP contribution is -1.99. The molecule has 1 aromatic carbocycles. The first-order valence-electron chi connectivity index (χ1n) is 5.67. The largest absolute Gasteiger partial charge is 0.494 e. The maximum absolute atomic E-state index is 14.1. The number of halogens is 1. The van der Waals surface area contributed by atoms with Crippen LogP contribution in [-0.4, -0.2) is 16.7 Å². The van der Waals surface area contributed by atoms with Crippen molar-refractivity contribution in [2.24, 2.45) is 0 Å². The fourth-order valence-electron chi connectivity index (χ4n) is 2.01. The Balaban J connectivity index is 2.11. The Kier molecular flexibility index (Phi) is 2.35. The van der Waals surface area contributed by atoms with Crippen LogP contribution in [0.2, 0.25) is 0 Å². The minimum atomic E-state index is -0.344. The second kappa shape index (κ2) is 3.87. The summed E-state index contributed by atoms with van der Waals surface area (Å²) < 4.78 is 21.1. The molecule has 0 radical (unpaired) electrons. The van der Waals surface area contributed by atoms with Crippen molar-refractivity contribution in [3.63, 3.8) is 0 Å². The quantitative estimate of drug-likeness (QED) is 0.813. The van der Waals surface area contributed by atoms with Gasteiger partial charge in [-0.2, -0.15) is 0 Å². The first kappa shape index (κ1) is 10.3. The van der Waals surface area contributed by atoms with E-state index in [1.165, 1.54) is 7.11 Å². The Labute approximate surface area is 98.9 Å². The average molecular weight is 232 g/mol. The van der Waals surface area contributed by atoms with Gasteiger partial charge in [-0.15, -0.1) is 0 Å². The Morgan fingerprint density at radius 1 is 1.41 bits per heavy atom. The zero-order chi connectivity index (χ0) is 11.8. The van der Waals surface area contributed by atoms with Gasteiger partial charge in [-0.3, -0.25) is 0 Å². The summed E-state index contributed by atoms with van der Waals surface area (Å²) >= 11 is 0. The topological polar surface area (TPSA) is 27.1 Å². The fraction of sp³-hybridized carbons (Fsp3) is 0.308. The summed E-state index contributed by atoms with van der Waals surface area (Å²) in [5, 5.41) is 0. The van der Waals surface area contributed by atoms with Gasteiger partial charge in [0.25, 0.3) is 0 Å². The van der Waals surface area contributed by atoms with Crippen molar-refractivity contribution < 1.29 is 9.13 Å². The predicted octanol–water partition coefficient (Wildman–Crippen LogP) is 3.03. The minimum absolute atomic E-state index is 0.257. The molecule has 2 aromatic rings. The van der Waals surface area contributed by atoms with Gasteiger partial charge in [0.1, 0.15) is 5.82 Å². The summed E-state index contributed by atoms with van der Waals surface area (Å²) in [6, 6.07) is 5.61. The molecule has 0 spiro atoms. The highest BCUT2D eigenvalue weighted by molar-refractivity contribution is 5.59. The van der Waals surface area contributed by atoms with E-state index >= 15 is 0 Å². The van der Waals surface area contributed by atoms with Crippen molar-refractivity contribution in [3.05, 3.63) is 36.4 Å². The molecule has 1 fully saturated rings. The van der Waals surface area contributed by atoms with Crippen LogP contribution in [0, 0.1) is 5.82 Å². The van der Waals surface area contributed by atoms with Gasteiger partial charge in [-0.1, -0.05) is 6.07 Å². The third kappa shape index (κ3) is 1.69. The van der Waals surface area contributed by atoms with E-state index in [4.69, 9.17) is 4.74 Å². The third-order valence-corrected chi connectivity index (χ3v) is 3.03. The van der Waals surface area contributed by atoms with E-state index in [1.807, 2.05) is 10.8 Å². The van der Waals surface area contributed by atoms with Crippen molar-refractivity contribution in [1.29, 1.82) is 0 Å². The van der Waals surface area contributed by atoms with E-state index in [2.05, 4.69) is 4.98 Å². The molecule has 0 atom stereocenters. The highest BCUT2D eigenvalue weighted by atomic mass is 19.1. The molecule has 3 nitrogen and oxygen atoms in total. The number of methoxy groups -OCH3 is 1. The van der Waals surface area contributed by atoms with E-state index in [0.717, 1.165) is 12.8 Å². The van der Waals surface area contributed by atoms with Crippen molar-refractivity contribution in [2.45, 2.75) is 18.9 Å². The molecule has 0 unspecified atom stereocenters. The predicted molar refractivity (Wildman–Crippen MR) is 62.4 cm³/mol. The molecular formula is C13H13FN2O. The Morgan fingerprint density at radius 3 is 2.94 bits per heavy atom. The van der Waals surface area contributed by atoms with Crippen LogP contribution in [0.15, 0.2) is 30.6 Å². The number of rotatable bonds is 3. The highest BCUT2D eigenvalue weighted by Gasteiger charge is 2.27. The first-order chi connectivity index (χ1) is 8.31. The third-order valence-electron chi connectivity index (χ3n) is 3.03. The molecule has 1 heterocycles. The lowest BCUT2D eigenvalue weighted by molar-refractivity contribution is 0.387. The summed E-state index contributed by atoms with van der Waals surface area (Å²) in [4.78, 5) is 4.25. The Hall–Kier alpha value is -1.84. The van der Waals surface area contributed by atoms with Crippen LogP contribution in [0.3, 0.4) is 0 Å². The lowest BCUT2D eigenvalue weighted by Gasteiger charge is -2.09. The fourth-order valence-corrected chi connectivity index (χ4v) is 2.01. The minimum Gasteiger partial charge on any atom is -0.494 e. The Bertz CT molecular complexity index is 546. The van der Waals surface area contributed by atoms with E-state index < -0.39 is 0 Å². The van der Waals surface area contributed by atoms with E-state index in [0.29, 0.717) is 17.4 Å². The van der Waals surface area contributed by atoms with Crippen molar-refractivity contribution in [3.8, 4) is 17.1 Å². The van der Waals surface area contributed by atoms with Crippen molar-refractivity contribution in [2.75, 3.05) is 7.11 Å². The van der Waals surface area contributed by atoms with Gasteiger partial charge >= 0.3 is 0 Å². The van der Waals surface area contributed by atoms with Gasteiger partial charge in [0.15, 0.2) is 11.6 Å². The summed E-state index contributed by atoms with van der Waals surface area (Å²) in [6.45, 7) is 0. The number of imidazole rings is 1. The van der Waals surface area contributed by atoms with Gasteiger partial charge in [-0.25, -0.2) is 9.37 Å². The number of benzene rings is 1. The zero-order valence-electron chi connectivity index (χ0n) is 9.56. The zero-order valence-corrected chi connectivity index (χ0v) is 9.56. The molecule has 0 amide bonds. The molecule has 0 aliphatic heterocycles. The van der Waals surface area contributed by atoms with Crippen LogP contribution in [0.4, 0.5) is 4.39 Å². The second-order valence-corrected chi connectivity index (χ2v) is 4.21. The lowest BCUT2D eigenvalue weighted by atomic mass is 10.2. The summed E-state index contributed by atoms with van der Waals surface area (Å²) in [6.07, 6.45) is 5.92. The van der Waals surface area contributed by atoms with Crippen LogP contribution in [0.1, 0.15) is 18.9 Å². The van der Waals surface area contributed by atoms with Crippen molar-refractivity contribution >= 4 is 0 Å². The number of hydrogen-bond acceptors (Lipinski definition) is 2. The molecule has 1 aliphatic carbocycles. The molecular weight excluding hydrogens is 219 g/mol. The van der Waals surface area contributed by atoms with Gasteiger partial charge in [0, 0.05) is 18.4 Å². The number of aromatic nitrogens is 2. The Morgan fingerprint density at radius 2 is 2.24 bits per heavy atom. The van der Waals surface area contributed by atoms with E-state index in [1.54, 1.807) is 24.4 Å². The maximum Gasteiger partial charge on any atom is 0.175 e. The van der Waals surface area contributed by atoms with Gasteiger partial charge < -0.3 is 9.30 Å². The molecule has 0 N–H and O–H groups in total. The molecule has 0 saturated heterocycles. The summed E-state index contributed by atoms with van der Waals surface area (Å²) in [5.74, 6) is 0.597. The standard InChI is InChI=1S/C13H13FN2O/c1-17-11-4-2-3-10(12(11)14)13-15-7-8-16(13)9-5-6-9/h2-4,7-9H,5-6H2,1H3. The average Bonchev–Trinajstić information content (AvgIpc) is 3.08. The molecule has 1 aliphatic rings. The van der Waals surface area contributed by atoms with Crippen LogP contribution in [0.25, 0.3) is 11.4 Å². The number of hydrogen-bond donors (Lipinski definition) is 0. The number of nitrogens with zero attached hydrogens (tertiary/aromatic N) is 2. The van der Waals surface area contributed by atoms with Gasteiger partial charge in [-0.05, 0) is 25.0 Å². The van der Waals surface area contributed by atoms with Crippen LogP contribution in [-0.2, 0) is 0 Å². The highest BCUT2D eigenvalue weighted by Crippen LogP contribution is 2.39. The molecule has 17 heavy (non-hydrogen) atoms. The SMILES string of the molecule is COc1cccc(-c2nccn2C2CC2)c1F. The smallest absolute Gasteiger partial charge is 0.175 e. The van der Waals surface area contributed by atoms with Gasteiger partial charge in [0.2, 0.25) is 0 Å². The van der Waals surface area contributed by atoms with Crippen LogP contribution >= 0.6 is 0 Å². The van der Waals surface area contributed by atoms with E-state index in [-0.39, 0.29) is 11.6 Å². The monoisotopic (exact) mass is 232 g/mol. The van der Waals surface area contributed by atoms with Crippen LogP contribution in [0.5, 0.6) is 5.75 Å². The number of ether oxygens (including phenoxy) is 1. The molecule has 3 rings (SSSR count). The molecule has 1 saturated carbocycles. The second-order valence-electron chi connectivity index (χ2n) is 4.21. The molecule has 88 valence electrons. The maximum atomic E-state index is 14.1. The van der Waals surface area contributed by atoms with Crippen LogP contribution < -0.4 is 4.74 Å². The first-order valence-corrected chi connectivity index (χ1v) is 5.67. The molecule has 4 heteroatoms. The van der Waals surface area contributed by atoms with Crippen molar-refractivity contribution in [1.82, 2.24) is 9.55 Å². The normalized spacial score (nSPS) is 14.9. The molecule has 1 aromatic heterocycles. The molecule has 0 bridgehead atoms. The summed E-state index contributed by atoms with van der Waals surface area (Å²) in [5.41, 5.74) is 0.501. The van der Waals surface area contributed by atoms with Gasteiger partial charge in [0.05, 0.1) is 12.7 Å². The van der Waals surface area contributed by atoms with E-state index in [9.17, 15) is 4.39 Å². The summed E-state index contributed by atoms with van der Waals surface area (Å²) in [7, 11) is 1.47.